The molecular formula is C16H18FNO2. The number of para-hydroxylation sites is 1. The minimum atomic E-state index is -0.277. The molecule has 0 saturated carbocycles. The van der Waals surface area contributed by atoms with Gasteiger partial charge in [0, 0.05) is 5.56 Å². The summed E-state index contributed by atoms with van der Waals surface area (Å²) in [5.41, 5.74) is 1.37. The molecule has 1 unspecified atom stereocenters. The summed E-state index contributed by atoms with van der Waals surface area (Å²) in [4.78, 5) is 0. The minimum Gasteiger partial charge on any atom is -0.497 e. The fraction of sp³-hybridized carbons (Fsp3) is 0.250. The second-order valence-electron chi connectivity index (χ2n) is 4.45. The third kappa shape index (κ3) is 3.02. The first-order chi connectivity index (χ1) is 9.65. The molecule has 1 atom stereocenters. The summed E-state index contributed by atoms with van der Waals surface area (Å²) >= 11 is 0. The summed E-state index contributed by atoms with van der Waals surface area (Å²) in [6.45, 7) is 1.95. The number of ether oxygens (including phenoxy) is 2. The normalized spacial score (nSPS) is 11.8. The van der Waals surface area contributed by atoms with Crippen molar-refractivity contribution in [3.05, 3.63) is 53.8 Å². The maximum Gasteiger partial charge on any atom is 0.146 e. The lowest BCUT2D eigenvalue weighted by atomic mass is 10.1. The molecule has 0 saturated heterocycles. The van der Waals surface area contributed by atoms with E-state index in [4.69, 9.17) is 9.47 Å². The van der Waals surface area contributed by atoms with Gasteiger partial charge in [-0.05, 0) is 37.3 Å². The van der Waals surface area contributed by atoms with Crippen molar-refractivity contribution in [3.8, 4) is 11.5 Å². The SMILES string of the molecule is COc1ccc(OC)c(C(C)Nc2ccccc2F)c1. The van der Waals surface area contributed by atoms with E-state index in [9.17, 15) is 4.39 Å². The summed E-state index contributed by atoms with van der Waals surface area (Å²) in [6.07, 6.45) is 0. The van der Waals surface area contributed by atoms with Crippen LogP contribution in [0.4, 0.5) is 10.1 Å². The molecule has 2 aromatic carbocycles. The van der Waals surface area contributed by atoms with E-state index < -0.39 is 0 Å². The average molecular weight is 275 g/mol. The van der Waals surface area contributed by atoms with Crippen LogP contribution in [0.15, 0.2) is 42.5 Å². The van der Waals surface area contributed by atoms with Crippen molar-refractivity contribution < 1.29 is 13.9 Å². The Morgan fingerprint density at radius 2 is 1.80 bits per heavy atom. The summed E-state index contributed by atoms with van der Waals surface area (Å²) in [5, 5.41) is 3.14. The molecule has 0 aromatic heterocycles. The Morgan fingerprint density at radius 3 is 2.45 bits per heavy atom. The molecule has 0 aliphatic heterocycles. The van der Waals surface area contributed by atoms with Gasteiger partial charge in [0.25, 0.3) is 0 Å². The molecule has 0 radical (unpaired) electrons. The molecule has 3 nitrogen and oxygen atoms in total. The number of benzene rings is 2. The van der Waals surface area contributed by atoms with E-state index in [1.165, 1.54) is 6.07 Å². The maximum absolute atomic E-state index is 13.7. The third-order valence-corrected chi connectivity index (χ3v) is 3.15. The molecule has 20 heavy (non-hydrogen) atoms. The van der Waals surface area contributed by atoms with E-state index >= 15 is 0 Å². The zero-order valence-electron chi connectivity index (χ0n) is 11.8. The standard InChI is InChI=1S/C16H18FNO2/c1-11(18-15-7-5-4-6-14(15)17)13-10-12(19-2)8-9-16(13)20-3/h4-11,18H,1-3H3. The lowest BCUT2D eigenvalue weighted by Gasteiger charge is -2.19. The number of nitrogens with one attached hydrogen (secondary N) is 1. The zero-order valence-corrected chi connectivity index (χ0v) is 11.8. The molecule has 4 heteroatoms. The highest BCUT2D eigenvalue weighted by molar-refractivity contribution is 5.50. The Morgan fingerprint density at radius 1 is 1.05 bits per heavy atom. The maximum atomic E-state index is 13.7. The molecule has 2 aromatic rings. The van der Waals surface area contributed by atoms with E-state index in [1.807, 2.05) is 25.1 Å². The van der Waals surface area contributed by atoms with Gasteiger partial charge in [-0.1, -0.05) is 12.1 Å². The largest absolute Gasteiger partial charge is 0.497 e. The topological polar surface area (TPSA) is 30.5 Å². The van der Waals surface area contributed by atoms with Gasteiger partial charge in [0.15, 0.2) is 0 Å². The number of rotatable bonds is 5. The molecule has 106 valence electrons. The highest BCUT2D eigenvalue weighted by atomic mass is 19.1. The van der Waals surface area contributed by atoms with Gasteiger partial charge in [0.1, 0.15) is 17.3 Å². The van der Waals surface area contributed by atoms with Crippen molar-refractivity contribution in [2.45, 2.75) is 13.0 Å². The van der Waals surface area contributed by atoms with Crippen LogP contribution < -0.4 is 14.8 Å². The van der Waals surface area contributed by atoms with Crippen LogP contribution in [0, 0.1) is 5.82 Å². The van der Waals surface area contributed by atoms with Gasteiger partial charge in [0.05, 0.1) is 25.9 Å². The zero-order chi connectivity index (χ0) is 14.5. The second kappa shape index (κ2) is 6.28. The molecule has 2 rings (SSSR count). The summed E-state index contributed by atoms with van der Waals surface area (Å²) in [5.74, 6) is 1.20. The highest BCUT2D eigenvalue weighted by Gasteiger charge is 2.14. The average Bonchev–Trinajstić information content (AvgIpc) is 2.48. The summed E-state index contributed by atoms with van der Waals surface area (Å²) in [7, 11) is 3.22. The molecule has 0 heterocycles. The highest BCUT2D eigenvalue weighted by Crippen LogP contribution is 2.31. The minimum absolute atomic E-state index is 0.114. The molecule has 0 fully saturated rings. The van der Waals surface area contributed by atoms with Crippen LogP contribution in [0.2, 0.25) is 0 Å². The fourth-order valence-electron chi connectivity index (χ4n) is 2.07. The van der Waals surface area contributed by atoms with Crippen molar-refractivity contribution in [1.29, 1.82) is 0 Å². The van der Waals surface area contributed by atoms with Gasteiger partial charge in [-0.2, -0.15) is 0 Å². The van der Waals surface area contributed by atoms with Crippen LogP contribution in [0.1, 0.15) is 18.5 Å². The van der Waals surface area contributed by atoms with Gasteiger partial charge in [0.2, 0.25) is 0 Å². The molecule has 0 aliphatic carbocycles. The van der Waals surface area contributed by atoms with Crippen LogP contribution >= 0.6 is 0 Å². The van der Waals surface area contributed by atoms with E-state index in [2.05, 4.69) is 5.32 Å². The van der Waals surface area contributed by atoms with Crippen LogP contribution in [-0.2, 0) is 0 Å². The molecule has 0 aliphatic rings. The first-order valence-electron chi connectivity index (χ1n) is 6.38. The number of anilines is 1. The summed E-state index contributed by atoms with van der Waals surface area (Å²) in [6, 6.07) is 12.0. The summed E-state index contributed by atoms with van der Waals surface area (Å²) < 4.78 is 24.2. The smallest absolute Gasteiger partial charge is 0.146 e. The number of hydrogen-bond acceptors (Lipinski definition) is 3. The first-order valence-corrected chi connectivity index (χ1v) is 6.38. The second-order valence-corrected chi connectivity index (χ2v) is 4.45. The van der Waals surface area contributed by atoms with Gasteiger partial charge in [-0.3, -0.25) is 0 Å². The van der Waals surface area contributed by atoms with E-state index in [1.54, 1.807) is 32.4 Å². The van der Waals surface area contributed by atoms with Crippen LogP contribution in [0.5, 0.6) is 11.5 Å². The van der Waals surface area contributed by atoms with Gasteiger partial charge >= 0.3 is 0 Å². The van der Waals surface area contributed by atoms with Crippen molar-refractivity contribution in [3.63, 3.8) is 0 Å². The number of hydrogen-bond donors (Lipinski definition) is 1. The Balaban J connectivity index is 2.28. The number of halogens is 1. The fourth-order valence-corrected chi connectivity index (χ4v) is 2.07. The Labute approximate surface area is 118 Å². The van der Waals surface area contributed by atoms with Gasteiger partial charge in [-0.25, -0.2) is 4.39 Å². The lowest BCUT2D eigenvalue weighted by Crippen LogP contribution is -2.09. The Kier molecular flexibility index (Phi) is 4.45. The van der Waals surface area contributed by atoms with Crippen LogP contribution in [0.3, 0.4) is 0 Å². The van der Waals surface area contributed by atoms with Crippen molar-refractivity contribution in [2.24, 2.45) is 0 Å². The quantitative estimate of drug-likeness (QED) is 0.894. The Bertz CT molecular complexity index is 586. The van der Waals surface area contributed by atoms with Gasteiger partial charge < -0.3 is 14.8 Å². The van der Waals surface area contributed by atoms with Gasteiger partial charge in [-0.15, -0.1) is 0 Å². The monoisotopic (exact) mass is 275 g/mol. The van der Waals surface area contributed by atoms with Crippen LogP contribution in [0.25, 0.3) is 0 Å². The molecule has 0 spiro atoms. The number of methoxy groups -OCH3 is 2. The first kappa shape index (κ1) is 14.2. The predicted octanol–water partition coefficient (Wildman–Crippen LogP) is 4.02. The lowest BCUT2D eigenvalue weighted by molar-refractivity contribution is 0.397. The predicted molar refractivity (Wildman–Crippen MR) is 78.0 cm³/mol. The van der Waals surface area contributed by atoms with Crippen LogP contribution in [-0.4, -0.2) is 14.2 Å². The van der Waals surface area contributed by atoms with Crippen molar-refractivity contribution >= 4 is 5.69 Å². The Hall–Kier alpha value is -2.23. The molecular weight excluding hydrogens is 257 g/mol. The third-order valence-electron chi connectivity index (χ3n) is 3.15. The molecule has 1 N–H and O–H groups in total. The van der Waals surface area contributed by atoms with E-state index in [0.29, 0.717) is 5.69 Å². The molecule has 0 bridgehead atoms. The van der Waals surface area contributed by atoms with E-state index in [-0.39, 0.29) is 11.9 Å². The van der Waals surface area contributed by atoms with E-state index in [0.717, 1.165) is 17.1 Å². The van der Waals surface area contributed by atoms with Crippen molar-refractivity contribution in [2.75, 3.05) is 19.5 Å². The van der Waals surface area contributed by atoms with Crippen molar-refractivity contribution in [1.82, 2.24) is 0 Å². The molecule has 0 amide bonds.